The number of hydrogen-bond acceptors (Lipinski definition) is 10. The summed E-state index contributed by atoms with van der Waals surface area (Å²) < 4.78 is 6.89. The van der Waals surface area contributed by atoms with E-state index in [1.54, 1.807) is 0 Å². The maximum atomic E-state index is 12.7. The van der Waals surface area contributed by atoms with Gasteiger partial charge < -0.3 is 25.4 Å². The van der Waals surface area contributed by atoms with Gasteiger partial charge in [0.25, 0.3) is 11.8 Å². The lowest BCUT2D eigenvalue weighted by molar-refractivity contribution is -0.142. The Morgan fingerprint density at radius 1 is 1.27 bits per heavy atom. The van der Waals surface area contributed by atoms with Gasteiger partial charge in [-0.1, -0.05) is 0 Å². The summed E-state index contributed by atoms with van der Waals surface area (Å²) in [6, 6.07) is 3.73. The Kier molecular flexibility index (Phi) is 5.62. The van der Waals surface area contributed by atoms with Crippen LogP contribution in [0.2, 0.25) is 5.28 Å². The van der Waals surface area contributed by atoms with Crippen LogP contribution in [0.25, 0.3) is 21.1 Å². The largest absolute Gasteiger partial charge is 0.418 e. The number of carbonyl (C=O) groups excluding carboxylic acids is 2. The Labute approximate surface area is 219 Å². The highest BCUT2D eigenvalue weighted by atomic mass is 35.5. The summed E-state index contributed by atoms with van der Waals surface area (Å²) in [6.45, 7) is 4.59. The zero-order chi connectivity index (χ0) is 25.9. The zero-order valence-electron chi connectivity index (χ0n) is 19.9. The van der Waals surface area contributed by atoms with E-state index in [0.29, 0.717) is 41.0 Å². The van der Waals surface area contributed by atoms with E-state index in [4.69, 9.17) is 16.3 Å². The van der Waals surface area contributed by atoms with E-state index < -0.39 is 5.60 Å². The van der Waals surface area contributed by atoms with Crippen LogP contribution in [0.1, 0.15) is 35.5 Å². The first-order chi connectivity index (χ1) is 17.7. The fraction of sp³-hybridized carbons (Fsp3) is 0.333. The lowest BCUT2D eigenvalue weighted by atomic mass is 10.1. The highest BCUT2D eigenvalue weighted by molar-refractivity contribution is 7.21. The standard InChI is InChI=1S/C24H22ClN7O4S/c1-11-7-26-18-16-14(37-19(18)20(33)29-11)4-3-13-17(16)27-9-15(30-13)36-21-12(8-28-23(25)31-21)10-32-6-5-24(2,35)22(32)34/h3-4,8-9,11,26,35H,5-7,10H2,1-2H3,(H,29,33)/t11-,24?/m1/s1. The monoisotopic (exact) mass is 539 g/mol. The number of benzene rings is 1. The van der Waals surface area contributed by atoms with Crippen LogP contribution in [0, 0.1) is 0 Å². The minimum atomic E-state index is -1.39. The molecular formula is C24H22ClN7O4S. The maximum Gasteiger partial charge on any atom is 0.263 e. The number of hydrogen-bond donors (Lipinski definition) is 3. The molecule has 2 atom stereocenters. The second-order valence-corrected chi connectivity index (χ2v) is 10.8. The molecule has 1 saturated heterocycles. The normalized spacial score (nSPS) is 21.6. The summed E-state index contributed by atoms with van der Waals surface area (Å²) in [7, 11) is 0. The van der Waals surface area contributed by atoms with Crippen molar-refractivity contribution in [1.82, 2.24) is 30.2 Å². The van der Waals surface area contributed by atoms with Crippen molar-refractivity contribution in [3.05, 3.63) is 40.3 Å². The van der Waals surface area contributed by atoms with Crippen LogP contribution < -0.4 is 15.4 Å². The SMILES string of the molecule is C[C@@H]1CNc2c(sc3ccc4nc(Oc5nc(Cl)ncc5CN5CCC(C)(O)C5=O)cnc4c23)C(=O)N1. The molecule has 0 saturated carbocycles. The number of ether oxygens (including phenoxy) is 1. The molecule has 6 rings (SSSR count). The number of rotatable bonds is 4. The Hall–Kier alpha value is -3.61. The molecule has 2 aliphatic heterocycles. The van der Waals surface area contributed by atoms with E-state index in [1.165, 1.54) is 35.6 Å². The first-order valence-electron chi connectivity index (χ1n) is 11.7. The molecule has 1 aromatic carbocycles. The van der Waals surface area contributed by atoms with Crippen molar-refractivity contribution in [3.8, 4) is 11.8 Å². The number of halogens is 1. The molecule has 1 unspecified atom stereocenters. The fourth-order valence-corrected chi connectivity index (χ4v) is 5.76. The Morgan fingerprint density at radius 3 is 2.89 bits per heavy atom. The molecule has 2 aliphatic rings. The van der Waals surface area contributed by atoms with Gasteiger partial charge in [-0.05, 0) is 37.6 Å². The number of amides is 2. The molecule has 3 aromatic heterocycles. The molecule has 13 heteroatoms. The van der Waals surface area contributed by atoms with Crippen LogP contribution >= 0.6 is 22.9 Å². The van der Waals surface area contributed by atoms with E-state index in [-0.39, 0.29) is 41.4 Å². The van der Waals surface area contributed by atoms with Gasteiger partial charge in [-0.2, -0.15) is 4.98 Å². The summed E-state index contributed by atoms with van der Waals surface area (Å²) in [5.74, 6) is -0.149. The maximum absolute atomic E-state index is 12.7. The van der Waals surface area contributed by atoms with E-state index in [2.05, 4.69) is 30.6 Å². The number of nitrogens with one attached hydrogen (secondary N) is 2. The van der Waals surface area contributed by atoms with Crippen molar-refractivity contribution in [1.29, 1.82) is 0 Å². The third-order valence-corrected chi connectivity index (χ3v) is 7.82. The molecule has 2 amide bonds. The third-order valence-electron chi connectivity index (χ3n) is 6.49. The molecule has 3 N–H and O–H groups in total. The van der Waals surface area contributed by atoms with Crippen molar-refractivity contribution < 1.29 is 19.4 Å². The highest BCUT2D eigenvalue weighted by Crippen LogP contribution is 2.40. The number of carbonyl (C=O) groups is 2. The fourth-order valence-electron chi connectivity index (χ4n) is 4.55. The van der Waals surface area contributed by atoms with Crippen molar-refractivity contribution in [2.45, 2.75) is 38.5 Å². The lowest BCUT2D eigenvalue weighted by Crippen LogP contribution is -2.37. The van der Waals surface area contributed by atoms with Gasteiger partial charge in [-0.3, -0.25) is 9.59 Å². The summed E-state index contributed by atoms with van der Waals surface area (Å²) in [6.07, 6.45) is 3.31. The molecule has 37 heavy (non-hydrogen) atoms. The smallest absolute Gasteiger partial charge is 0.263 e. The van der Waals surface area contributed by atoms with E-state index in [9.17, 15) is 14.7 Å². The molecule has 11 nitrogen and oxygen atoms in total. The third kappa shape index (κ3) is 4.20. The minimum absolute atomic E-state index is 0.000859. The molecule has 190 valence electrons. The van der Waals surface area contributed by atoms with E-state index in [0.717, 1.165) is 15.8 Å². The quantitative estimate of drug-likeness (QED) is 0.333. The number of aliphatic hydroxyl groups is 1. The van der Waals surface area contributed by atoms with Crippen LogP contribution in [0.15, 0.2) is 24.5 Å². The van der Waals surface area contributed by atoms with Crippen LogP contribution in [0.5, 0.6) is 11.8 Å². The molecule has 0 spiro atoms. The second-order valence-electron chi connectivity index (χ2n) is 9.40. The van der Waals surface area contributed by atoms with Gasteiger partial charge in [0.15, 0.2) is 0 Å². The first-order valence-corrected chi connectivity index (χ1v) is 12.9. The Bertz CT molecular complexity index is 1590. The van der Waals surface area contributed by atoms with Gasteiger partial charge in [0.05, 0.1) is 35.0 Å². The average Bonchev–Trinajstić information content (AvgIpc) is 3.31. The predicted molar refractivity (Wildman–Crippen MR) is 138 cm³/mol. The molecule has 0 radical (unpaired) electrons. The highest BCUT2D eigenvalue weighted by Gasteiger charge is 2.41. The molecule has 5 heterocycles. The van der Waals surface area contributed by atoms with E-state index in [1.807, 2.05) is 19.1 Å². The first kappa shape index (κ1) is 23.8. The van der Waals surface area contributed by atoms with Gasteiger partial charge in [0, 0.05) is 41.8 Å². The van der Waals surface area contributed by atoms with Crippen LogP contribution in [0.4, 0.5) is 5.69 Å². The summed E-state index contributed by atoms with van der Waals surface area (Å²) in [4.78, 5) is 44.7. The van der Waals surface area contributed by atoms with E-state index >= 15 is 0 Å². The van der Waals surface area contributed by atoms with Crippen LogP contribution in [-0.4, -0.2) is 66.5 Å². The van der Waals surface area contributed by atoms with Gasteiger partial charge in [0.2, 0.25) is 17.0 Å². The van der Waals surface area contributed by atoms with Gasteiger partial charge >= 0.3 is 0 Å². The van der Waals surface area contributed by atoms with Gasteiger partial charge in [-0.15, -0.1) is 11.3 Å². The average molecular weight is 540 g/mol. The van der Waals surface area contributed by atoms with Crippen LogP contribution in [-0.2, 0) is 11.3 Å². The van der Waals surface area contributed by atoms with Crippen molar-refractivity contribution >= 4 is 61.6 Å². The summed E-state index contributed by atoms with van der Waals surface area (Å²) in [5, 5.41) is 17.4. The van der Waals surface area contributed by atoms with Gasteiger partial charge in [0.1, 0.15) is 10.5 Å². The van der Waals surface area contributed by atoms with Crippen molar-refractivity contribution in [3.63, 3.8) is 0 Å². The number of aromatic nitrogens is 4. The Balaban J connectivity index is 1.34. The predicted octanol–water partition coefficient (Wildman–Crippen LogP) is 3.11. The number of fused-ring (bicyclic) bond motifs is 5. The minimum Gasteiger partial charge on any atom is -0.418 e. The number of thiophene rings is 1. The molecule has 0 aliphatic carbocycles. The van der Waals surface area contributed by atoms with Gasteiger partial charge in [-0.25, -0.2) is 15.0 Å². The topological polar surface area (TPSA) is 142 Å². The van der Waals surface area contributed by atoms with Crippen molar-refractivity contribution in [2.75, 3.05) is 18.4 Å². The molecule has 0 bridgehead atoms. The molecule has 1 fully saturated rings. The number of nitrogens with zero attached hydrogens (tertiary/aromatic N) is 5. The lowest BCUT2D eigenvalue weighted by Gasteiger charge is -2.19. The van der Waals surface area contributed by atoms with Crippen LogP contribution in [0.3, 0.4) is 0 Å². The van der Waals surface area contributed by atoms with Crippen molar-refractivity contribution in [2.24, 2.45) is 0 Å². The summed E-state index contributed by atoms with van der Waals surface area (Å²) >= 11 is 7.44. The Morgan fingerprint density at radius 2 is 2.11 bits per heavy atom. The molecule has 4 aromatic rings. The zero-order valence-corrected chi connectivity index (χ0v) is 21.5. The molecular weight excluding hydrogens is 518 g/mol. The number of likely N-dealkylation sites (tertiary alicyclic amines) is 1. The summed E-state index contributed by atoms with van der Waals surface area (Å²) in [5.41, 5.74) is 1.10. The second kappa shape index (κ2) is 8.75. The number of anilines is 1.